The van der Waals surface area contributed by atoms with E-state index in [1.807, 2.05) is 13.0 Å². The summed E-state index contributed by atoms with van der Waals surface area (Å²) in [6, 6.07) is 0. The first-order valence-corrected chi connectivity index (χ1v) is 3.70. The Bertz CT molecular complexity index is 214. The summed E-state index contributed by atoms with van der Waals surface area (Å²) in [5, 5.41) is 0. The first kappa shape index (κ1) is 8.05. The molecule has 0 bridgehead atoms. The first-order chi connectivity index (χ1) is 5.20. The number of carbonyl (C=O) groups excluding carboxylic acids is 1. The summed E-state index contributed by atoms with van der Waals surface area (Å²) in [6.07, 6.45) is 3.27. The molecule has 0 radical (unpaired) electrons. The molecule has 2 heteroatoms. The molecule has 2 nitrogen and oxygen atoms in total. The highest BCUT2D eigenvalue weighted by Gasteiger charge is 2.15. The van der Waals surface area contributed by atoms with Gasteiger partial charge in [-0.05, 0) is 25.0 Å². The Morgan fingerprint density at radius 3 is 3.00 bits per heavy atom. The van der Waals surface area contributed by atoms with E-state index in [0.717, 1.165) is 12.0 Å². The molecule has 0 fully saturated rings. The van der Waals surface area contributed by atoms with Crippen molar-refractivity contribution >= 4 is 5.78 Å². The van der Waals surface area contributed by atoms with Gasteiger partial charge in [-0.2, -0.15) is 0 Å². The van der Waals surface area contributed by atoms with Gasteiger partial charge in [0.1, 0.15) is 6.61 Å². The third-order valence-corrected chi connectivity index (χ3v) is 1.45. The number of rotatable bonds is 3. The number of ketones is 1. The lowest BCUT2D eigenvalue weighted by Gasteiger charge is -2.03. The van der Waals surface area contributed by atoms with Crippen molar-refractivity contribution in [3.8, 4) is 0 Å². The number of hydrogen-bond acceptors (Lipinski definition) is 2. The molecule has 0 N–H and O–H groups in total. The van der Waals surface area contributed by atoms with E-state index in [-0.39, 0.29) is 5.78 Å². The summed E-state index contributed by atoms with van der Waals surface area (Å²) in [5.41, 5.74) is 0.936. The van der Waals surface area contributed by atoms with E-state index in [9.17, 15) is 4.79 Å². The second kappa shape index (κ2) is 3.37. The van der Waals surface area contributed by atoms with Crippen molar-refractivity contribution < 1.29 is 9.53 Å². The Hall–Kier alpha value is -1.05. The number of carbonyl (C=O) groups is 1. The SMILES string of the molecule is C=C(C)COC1=CCCC1=O. The minimum atomic E-state index is 0.117. The third kappa shape index (κ3) is 2.22. The van der Waals surface area contributed by atoms with Crippen molar-refractivity contribution in [1.29, 1.82) is 0 Å². The van der Waals surface area contributed by atoms with Crippen LogP contribution in [-0.4, -0.2) is 12.4 Å². The molecular weight excluding hydrogens is 140 g/mol. The molecule has 0 aromatic heterocycles. The second-order valence-corrected chi connectivity index (χ2v) is 2.78. The molecular formula is C9H12O2. The van der Waals surface area contributed by atoms with E-state index in [0.29, 0.717) is 18.8 Å². The molecule has 0 saturated heterocycles. The van der Waals surface area contributed by atoms with Gasteiger partial charge in [-0.3, -0.25) is 4.79 Å². The van der Waals surface area contributed by atoms with Crippen molar-refractivity contribution in [3.63, 3.8) is 0 Å². The first-order valence-electron chi connectivity index (χ1n) is 3.70. The number of hydrogen-bond donors (Lipinski definition) is 0. The van der Waals surface area contributed by atoms with Crippen LogP contribution in [0.5, 0.6) is 0 Å². The Kier molecular flexibility index (Phi) is 2.47. The Balaban J connectivity index is 2.37. The van der Waals surface area contributed by atoms with Crippen molar-refractivity contribution in [2.75, 3.05) is 6.61 Å². The number of Topliss-reactive ketones (excluding diaryl/α,β-unsaturated/α-hetero) is 1. The molecule has 0 heterocycles. The summed E-state index contributed by atoms with van der Waals surface area (Å²) in [6.45, 7) is 6.01. The van der Waals surface area contributed by atoms with Gasteiger partial charge in [-0.15, -0.1) is 0 Å². The summed E-state index contributed by atoms with van der Waals surface area (Å²) >= 11 is 0. The maximum absolute atomic E-state index is 11.0. The van der Waals surface area contributed by atoms with Gasteiger partial charge in [0.15, 0.2) is 11.5 Å². The van der Waals surface area contributed by atoms with Crippen LogP contribution in [0.1, 0.15) is 19.8 Å². The van der Waals surface area contributed by atoms with Crippen LogP contribution in [0.4, 0.5) is 0 Å². The Morgan fingerprint density at radius 1 is 1.82 bits per heavy atom. The highest BCUT2D eigenvalue weighted by Crippen LogP contribution is 2.15. The predicted molar refractivity (Wildman–Crippen MR) is 43.1 cm³/mol. The van der Waals surface area contributed by atoms with Gasteiger partial charge in [-0.25, -0.2) is 0 Å². The summed E-state index contributed by atoms with van der Waals surface area (Å²) < 4.78 is 5.19. The van der Waals surface area contributed by atoms with E-state index < -0.39 is 0 Å². The third-order valence-electron chi connectivity index (χ3n) is 1.45. The van der Waals surface area contributed by atoms with Crippen molar-refractivity contribution in [3.05, 3.63) is 24.0 Å². The van der Waals surface area contributed by atoms with Crippen molar-refractivity contribution in [1.82, 2.24) is 0 Å². The van der Waals surface area contributed by atoms with Gasteiger partial charge in [0.25, 0.3) is 0 Å². The fourth-order valence-electron chi connectivity index (χ4n) is 0.912. The molecule has 1 aliphatic rings. The van der Waals surface area contributed by atoms with Crippen LogP contribution in [0.2, 0.25) is 0 Å². The van der Waals surface area contributed by atoms with E-state index in [4.69, 9.17) is 4.74 Å². The summed E-state index contributed by atoms with van der Waals surface area (Å²) in [4.78, 5) is 11.0. The maximum atomic E-state index is 11.0. The minimum Gasteiger partial charge on any atom is -0.486 e. The molecule has 1 aliphatic carbocycles. The molecule has 0 aliphatic heterocycles. The molecule has 0 aromatic carbocycles. The lowest BCUT2D eigenvalue weighted by Crippen LogP contribution is -2.02. The average molecular weight is 152 g/mol. The van der Waals surface area contributed by atoms with Gasteiger partial charge in [0.05, 0.1) is 0 Å². The Morgan fingerprint density at radius 2 is 2.55 bits per heavy atom. The standard InChI is InChI=1S/C9H12O2/c1-7(2)6-11-9-5-3-4-8(9)10/h5H,1,3-4,6H2,2H3. The smallest absolute Gasteiger partial charge is 0.197 e. The van der Waals surface area contributed by atoms with E-state index >= 15 is 0 Å². The number of ether oxygens (including phenoxy) is 1. The molecule has 0 atom stereocenters. The normalized spacial score (nSPS) is 16.5. The lowest BCUT2D eigenvalue weighted by atomic mass is 10.3. The molecule has 0 aromatic rings. The molecule has 11 heavy (non-hydrogen) atoms. The van der Waals surface area contributed by atoms with Crippen molar-refractivity contribution in [2.45, 2.75) is 19.8 Å². The van der Waals surface area contributed by atoms with Crippen LogP contribution in [-0.2, 0) is 9.53 Å². The van der Waals surface area contributed by atoms with E-state index in [1.165, 1.54) is 0 Å². The fourth-order valence-corrected chi connectivity index (χ4v) is 0.912. The van der Waals surface area contributed by atoms with Gasteiger partial charge < -0.3 is 4.74 Å². The van der Waals surface area contributed by atoms with Gasteiger partial charge in [-0.1, -0.05) is 6.58 Å². The quantitative estimate of drug-likeness (QED) is 0.576. The lowest BCUT2D eigenvalue weighted by molar-refractivity contribution is -0.117. The molecule has 0 spiro atoms. The van der Waals surface area contributed by atoms with Crippen LogP contribution in [0.15, 0.2) is 24.0 Å². The predicted octanol–water partition coefficient (Wildman–Crippen LogP) is 1.83. The fraction of sp³-hybridized carbons (Fsp3) is 0.444. The molecule has 1 rings (SSSR count). The largest absolute Gasteiger partial charge is 0.486 e. The monoisotopic (exact) mass is 152 g/mol. The van der Waals surface area contributed by atoms with Gasteiger partial charge in [0, 0.05) is 6.42 Å². The highest BCUT2D eigenvalue weighted by molar-refractivity contribution is 5.95. The second-order valence-electron chi connectivity index (χ2n) is 2.78. The van der Waals surface area contributed by atoms with E-state index in [2.05, 4.69) is 6.58 Å². The van der Waals surface area contributed by atoms with E-state index in [1.54, 1.807) is 0 Å². The highest BCUT2D eigenvalue weighted by atomic mass is 16.5. The molecule has 0 unspecified atom stereocenters. The zero-order valence-electron chi connectivity index (χ0n) is 6.72. The maximum Gasteiger partial charge on any atom is 0.197 e. The van der Waals surface area contributed by atoms with Crippen LogP contribution in [0.3, 0.4) is 0 Å². The van der Waals surface area contributed by atoms with Gasteiger partial charge in [0.2, 0.25) is 0 Å². The Labute approximate surface area is 66.5 Å². The molecule has 0 saturated carbocycles. The van der Waals surface area contributed by atoms with Crippen LogP contribution in [0, 0.1) is 0 Å². The van der Waals surface area contributed by atoms with Crippen LogP contribution >= 0.6 is 0 Å². The average Bonchev–Trinajstić information content (AvgIpc) is 2.31. The summed E-state index contributed by atoms with van der Waals surface area (Å²) in [5.74, 6) is 0.638. The number of allylic oxidation sites excluding steroid dienone is 2. The molecule has 0 amide bonds. The molecule has 60 valence electrons. The van der Waals surface area contributed by atoms with Crippen molar-refractivity contribution in [2.24, 2.45) is 0 Å². The minimum absolute atomic E-state index is 0.117. The topological polar surface area (TPSA) is 26.3 Å². The zero-order chi connectivity index (χ0) is 8.27. The zero-order valence-corrected chi connectivity index (χ0v) is 6.72. The summed E-state index contributed by atoms with van der Waals surface area (Å²) in [7, 11) is 0. The van der Waals surface area contributed by atoms with Crippen LogP contribution < -0.4 is 0 Å². The van der Waals surface area contributed by atoms with Crippen LogP contribution in [0.25, 0.3) is 0 Å². The van der Waals surface area contributed by atoms with Gasteiger partial charge >= 0.3 is 0 Å².